The van der Waals surface area contributed by atoms with Crippen LogP contribution in [0.1, 0.15) is 44.8 Å². The standard InChI is InChI=1S/C17H27NO5S/c1-4-5-6-11-24(21,22)12-16(19)18-13(2)17(20)14-7-9-15(23-3)10-8-14/h7-10,13,17,20H,4-6,11-12H2,1-3H3,(H,18,19)/t13-,17-/m1/s1. The number of aliphatic hydroxyl groups excluding tert-OH is 1. The number of ether oxygens (including phenoxy) is 1. The number of nitrogens with one attached hydrogen (secondary N) is 1. The van der Waals surface area contributed by atoms with Gasteiger partial charge in [-0.1, -0.05) is 31.9 Å². The molecule has 2 atom stereocenters. The molecule has 0 spiro atoms. The van der Waals surface area contributed by atoms with Crippen molar-refractivity contribution in [2.45, 2.75) is 45.3 Å². The summed E-state index contributed by atoms with van der Waals surface area (Å²) < 4.78 is 28.8. The SMILES string of the molecule is CCCCCS(=O)(=O)CC(=O)N[C@H](C)[C@@H](O)c1ccc(OC)cc1. The Balaban J connectivity index is 2.55. The lowest BCUT2D eigenvalue weighted by molar-refractivity contribution is -0.120. The quantitative estimate of drug-likeness (QED) is 0.623. The molecule has 136 valence electrons. The van der Waals surface area contributed by atoms with E-state index in [0.717, 1.165) is 12.8 Å². The molecule has 0 radical (unpaired) electrons. The van der Waals surface area contributed by atoms with Crippen LogP contribution in [0.5, 0.6) is 5.75 Å². The summed E-state index contributed by atoms with van der Waals surface area (Å²) in [6.45, 7) is 3.62. The molecule has 7 heteroatoms. The molecule has 0 aliphatic rings. The molecule has 1 rings (SSSR count). The molecule has 0 bridgehead atoms. The summed E-state index contributed by atoms with van der Waals surface area (Å²) in [7, 11) is -1.86. The van der Waals surface area contributed by atoms with Gasteiger partial charge in [0.1, 0.15) is 11.5 Å². The molecule has 0 saturated carbocycles. The van der Waals surface area contributed by atoms with Gasteiger partial charge in [-0.15, -0.1) is 0 Å². The van der Waals surface area contributed by atoms with Crippen molar-refractivity contribution in [1.29, 1.82) is 0 Å². The molecule has 2 N–H and O–H groups in total. The summed E-state index contributed by atoms with van der Waals surface area (Å²) in [4.78, 5) is 11.9. The molecule has 6 nitrogen and oxygen atoms in total. The number of unbranched alkanes of at least 4 members (excludes halogenated alkanes) is 2. The fourth-order valence-corrected chi connectivity index (χ4v) is 3.58. The van der Waals surface area contributed by atoms with Crippen LogP contribution in [-0.2, 0) is 14.6 Å². The van der Waals surface area contributed by atoms with E-state index in [1.165, 1.54) is 0 Å². The number of aliphatic hydroxyl groups is 1. The molecular weight excluding hydrogens is 330 g/mol. The molecule has 1 aromatic carbocycles. The van der Waals surface area contributed by atoms with Gasteiger partial charge in [0.05, 0.1) is 25.0 Å². The first-order valence-corrected chi connectivity index (χ1v) is 9.93. The lowest BCUT2D eigenvalue weighted by atomic mass is 10.0. The lowest BCUT2D eigenvalue weighted by Gasteiger charge is -2.21. The van der Waals surface area contributed by atoms with Crippen LogP contribution >= 0.6 is 0 Å². The summed E-state index contributed by atoms with van der Waals surface area (Å²) >= 11 is 0. The van der Waals surface area contributed by atoms with Crippen molar-refractivity contribution in [3.63, 3.8) is 0 Å². The highest BCUT2D eigenvalue weighted by molar-refractivity contribution is 7.92. The number of rotatable bonds is 10. The predicted molar refractivity (Wildman–Crippen MR) is 93.7 cm³/mol. The van der Waals surface area contributed by atoms with E-state index in [4.69, 9.17) is 4.74 Å². The van der Waals surface area contributed by atoms with E-state index >= 15 is 0 Å². The van der Waals surface area contributed by atoms with Gasteiger partial charge in [-0.3, -0.25) is 4.79 Å². The van der Waals surface area contributed by atoms with Crippen molar-refractivity contribution in [3.8, 4) is 5.75 Å². The average Bonchev–Trinajstić information content (AvgIpc) is 2.53. The van der Waals surface area contributed by atoms with Gasteiger partial charge < -0.3 is 15.2 Å². The van der Waals surface area contributed by atoms with E-state index in [1.54, 1.807) is 38.3 Å². The largest absolute Gasteiger partial charge is 0.497 e. The number of benzene rings is 1. The molecule has 0 heterocycles. The van der Waals surface area contributed by atoms with Crippen molar-refractivity contribution in [3.05, 3.63) is 29.8 Å². The summed E-state index contributed by atoms with van der Waals surface area (Å²) in [6.07, 6.45) is 1.39. The van der Waals surface area contributed by atoms with Gasteiger partial charge >= 0.3 is 0 Å². The van der Waals surface area contributed by atoms with Crippen molar-refractivity contribution >= 4 is 15.7 Å². The van der Waals surface area contributed by atoms with E-state index in [9.17, 15) is 18.3 Å². The van der Waals surface area contributed by atoms with Crippen LogP contribution in [0, 0.1) is 0 Å². The normalized spacial score (nSPS) is 14.0. The Labute approximate surface area is 144 Å². The summed E-state index contributed by atoms with van der Waals surface area (Å²) in [6, 6.07) is 6.23. The molecule has 1 amide bonds. The van der Waals surface area contributed by atoms with Gasteiger partial charge in [-0.05, 0) is 31.0 Å². The van der Waals surface area contributed by atoms with Crippen LogP contribution in [-0.4, -0.2) is 44.1 Å². The maximum Gasteiger partial charge on any atom is 0.235 e. The third-order valence-corrected chi connectivity index (χ3v) is 5.34. The molecule has 0 unspecified atom stereocenters. The minimum absolute atomic E-state index is 0.0175. The van der Waals surface area contributed by atoms with Gasteiger partial charge in [0, 0.05) is 0 Å². The summed E-state index contributed by atoms with van der Waals surface area (Å²) in [5, 5.41) is 12.8. The van der Waals surface area contributed by atoms with E-state index in [-0.39, 0.29) is 5.75 Å². The minimum atomic E-state index is -3.41. The van der Waals surface area contributed by atoms with Gasteiger partial charge in [-0.2, -0.15) is 0 Å². The molecular formula is C17H27NO5S. The third kappa shape index (κ3) is 6.88. The number of methoxy groups -OCH3 is 1. The van der Waals surface area contributed by atoms with Crippen LogP contribution in [0.15, 0.2) is 24.3 Å². The van der Waals surface area contributed by atoms with Crippen LogP contribution < -0.4 is 10.1 Å². The van der Waals surface area contributed by atoms with Crippen LogP contribution in [0.3, 0.4) is 0 Å². The smallest absolute Gasteiger partial charge is 0.235 e. The third-order valence-electron chi connectivity index (χ3n) is 3.73. The Kier molecular flexibility index (Phi) is 8.21. The van der Waals surface area contributed by atoms with Gasteiger partial charge in [0.25, 0.3) is 0 Å². The second-order valence-corrected chi connectivity index (χ2v) is 8.06. The molecule has 0 aliphatic carbocycles. The number of carbonyl (C=O) groups excluding carboxylic acids is 1. The zero-order valence-electron chi connectivity index (χ0n) is 14.5. The summed E-state index contributed by atoms with van der Waals surface area (Å²) in [5.74, 6) is -0.451. The molecule has 1 aromatic rings. The van der Waals surface area contributed by atoms with E-state index in [0.29, 0.717) is 17.7 Å². The second kappa shape index (κ2) is 9.64. The monoisotopic (exact) mass is 357 g/mol. The molecule has 0 fully saturated rings. The Morgan fingerprint density at radius 1 is 1.25 bits per heavy atom. The Morgan fingerprint density at radius 2 is 1.88 bits per heavy atom. The van der Waals surface area contributed by atoms with E-state index in [2.05, 4.69) is 5.32 Å². The molecule has 24 heavy (non-hydrogen) atoms. The number of carbonyl (C=O) groups is 1. The average molecular weight is 357 g/mol. The Morgan fingerprint density at radius 3 is 2.42 bits per heavy atom. The fourth-order valence-electron chi connectivity index (χ4n) is 2.31. The molecule has 0 aliphatic heterocycles. The van der Waals surface area contributed by atoms with Crippen molar-refractivity contribution < 1.29 is 23.1 Å². The van der Waals surface area contributed by atoms with E-state index < -0.39 is 33.6 Å². The van der Waals surface area contributed by atoms with Crippen molar-refractivity contribution in [2.24, 2.45) is 0 Å². The topological polar surface area (TPSA) is 92.7 Å². The van der Waals surface area contributed by atoms with Crippen molar-refractivity contribution in [1.82, 2.24) is 5.32 Å². The van der Waals surface area contributed by atoms with Crippen molar-refractivity contribution in [2.75, 3.05) is 18.6 Å². The number of amides is 1. The van der Waals surface area contributed by atoms with Gasteiger partial charge in [0.2, 0.25) is 5.91 Å². The maximum atomic E-state index is 11.9. The Hall–Kier alpha value is -1.60. The highest BCUT2D eigenvalue weighted by atomic mass is 32.2. The predicted octanol–water partition coefficient (Wildman–Crippen LogP) is 1.84. The zero-order chi connectivity index (χ0) is 18.2. The maximum absolute atomic E-state index is 11.9. The Bertz CT molecular complexity index is 612. The number of hydrogen-bond donors (Lipinski definition) is 2. The highest BCUT2D eigenvalue weighted by Crippen LogP contribution is 2.20. The number of hydrogen-bond acceptors (Lipinski definition) is 5. The van der Waals surface area contributed by atoms with Crippen LogP contribution in [0.4, 0.5) is 0 Å². The molecule has 0 saturated heterocycles. The van der Waals surface area contributed by atoms with Crippen LogP contribution in [0.25, 0.3) is 0 Å². The lowest BCUT2D eigenvalue weighted by Crippen LogP contribution is -2.40. The first-order chi connectivity index (χ1) is 11.3. The van der Waals surface area contributed by atoms with Gasteiger partial charge in [0.15, 0.2) is 9.84 Å². The zero-order valence-corrected chi connectivity index (χ0v) is 15.3. The first kappa shape index (κ1) is 20.4. The van der Waals surface area contributed by atoms with E-state index in [1.807, 2.05) is 6.92 Å². The van der Waals surface area contributed by atoms with Gasteiger partial charge in [-0.25, -0.2) is 8.42 Å². The second-order valence-electron chi connectivity index (χ2n) is 5.87. The molecule has 0 aromatic heterocycles. The first-order valence-electron chi connectivity index (χ1n) is 8.11. The minimum Gasteiger partial charge on any atom is -0.497 e. The summed E-state index contributed by atoms with van der Waals surface area (Å²) in [5.41, 5.74) is 0.620. The van der Waals surface area contributed by atoms with Crippen LogP contribution in [0.2, 0.25) is 0 Å². The number of sulfone groups is 1. The fraction of sp³-hybridized carbons (Fsp3) is 0.588. The highest BCUT2D eigenvalue weighted by Gasteiger charge is 2.22.